The van der Waals surface area contributed by atoms with Crippen LogP contribution in [0.2, 0.25) is 0 Å². The Bertz CT molecular complexity index is 330. The Hall–Kier alpha value is -1.84. The largest absolute Gasteiger partial charge is 0.481 e. The molecule has 1 rings (SSSR count). The second-order valence-corrected chi connectivity index (χ2v) is 2.67. The molecule has 0 aliphatic rings. The number of nitrogens with one attached hydrogen (secondary N) is 1. The number of anilines is 1. The Labute approximate surface area is 75.5 Å². The van der Waals surface area contributed by atoms with Crippen molar-refractivity contribution >= 4 is 17.4 Å². The second kappa shape index (κ2) is 3.71. The molecule has 0 aliphatic heterocycles. The minimum Gasteiger partial charge on any atom is -0.481 e. The van der Waals surface area contributed by atoms with Crippen LogP contribution in [0.25, 0.3) is 0 Å². The highest BCUT2D eigenvalue weighted by Gasteiger charge is 2.05. The number of rotatable bonds is 3. The van der Waals surface area contributed by atoms with E-state index >= 15 is 0 Å². The highest BCUT2D eigenvalue weighted by molar-refractivity contribution is 6.07. The normalized spacial score (nSPS) is 9.54. The maximum atomic E-state index is 10.3. The van der Waals surface area contributed by atoms with E-state index in [0.717, 1.165) is 0 Å². The van der Waals surface area contributed by atoms with Crippen LogP contribution < -0.4 is 5.73 Å². The Morgan fingerprint density at radius 2 is 1.92 bits per heavy atom. The molecule has 4 N–H and O–H groups in total. The molecule has 0 fully saturated rings. The Balaban J connectivity index is 2.78. The summed E-state index contributed by atoms with van der Waals surface area (Å²) >= 11 is 0. The number of hydrogen-bond donors (Lipinski definition) is 3. The van der Waals surface area contributed by atoms with Crippen LogP contribution in [-0.4, -0.2) is 16.8 Å². The van der Waals surface area contributed by atoms with Crippen LogP contribution in [0.5, 0.6) is 0 Å². The van der Waals surface area contributed by atoms with Gasteiger partial charge in [-0.05, 0) is 17.7 Å². The Morgan fingerprint density at radius 3 is 2.38 bits per heavy atom. The maximum absolute atomic E-state index is 10.3. The second-order valence-electron chi connectivity index (χ2n) is 2.67. The zero-order valence-electron chi connectivity index (χ0n) is 6.95. The van der Waals surface area contributed by atoms with Gasteiger partial charge in [-0.25, -0.2) is 0 Å². The van der Waals surface area contributed by atoms with Gasteiger partial charge in [0.05, 0.1) is 6.42 Å². The molecule has 0 aliphatic carbocycles. The summed E-state index contributed by atoms with van der Waals surface area (Å²) in [5.74, 6) is -0.998. The SMILES string of the molecule is N=C(CC(=O)O)c1ccc(N)cc1. The average molecular weight is 178 g/mol. The summed E-state index contributed by atoms with van der Waals surface area (Å²) in [5, 5.41) is 15.8. The van der Waals surface area contributed by atoms with Gasteiger partial charge in [0.25, 0.3) is 0 Å². The fourth-order valence-electron chi connectivity index (χ4n) is 0.938. The lowest BCUT2D eigenvalue weighted by Gasteiger charge is -2.00. The summed E-state index contributed by atoms with van der Waals surface area (Å²) in [6.07, 6.45) is -0.260. The lowest BCUT2D eigenvalue weighted by Crippen LogP contribution is -2.06. The van der Waals surface area contributed by atoms with Crippen molar-refractivity contribution < 1.29 is 9.90 Å². The highest BCUT2D eigenvalue weighted by atomic mass is 16.4. The molecule has 0 bridgehead atoms. The lowest BCUT2D eigenvalue weighted by molar-refractivity contribution is -0.135. The molecule has 0 spiro atoms. The molecule has 4 heteroatoms. The fraction of sp³-hybridized carbons (Fsp3) is 0.111. The summed E-state index contributed by atoms with van der Waals surface area (Å²) in [4.78, 5) is 10.3. The summed E-state index contributed by atoms with van der Waals surface area (Å²) in [7, 11) is 0. The third-order valence-electron chi connectivity index (χ3n) is 1.59. The van der Waals surface area contributed by atoms with Crippen molar-refractivity contribution in [3.63, 3.8) is 0 Å². The van der Waals surface area contributed by atoms with Gasteiger partial charge in [0.15, 0.2) is 0 Å². The van der Waals surface area contributed by atoms with E-state index < -0.39 is 5.97 Å². The van der Waals surface area contributed by atoms with Crippen LogP contribution in [0.1, 0.15) is 12.0 Å². The minimum atomic E-state index is -0.998. The first-order valence-electron chi connectivity index (χ1n) is 3.74. The van der Waals surface area contributed by atoms with Crippen molar-refractivity contribution in [2.75, 3.05) is 5.73 Å². The van der Waals surface area contributed by atoms with E-state index in [-0.39, 0.29) is 12.1 Å². The van der Waals surface area contributed by atoms with Gasteiger partial charge in [-0.15, -0.1) is 0 Å². The summed E-state index contributed by atoms with van der Waals surface area (Å²) in [5.41, 5.74) is 6.73. The third kappa shape index (κ3) is 2.59. The smallest absolute Gasteiger partial charge is 0.309 e. The molecule has 0 heterocycles. The molecular formula is C9H10N2O2. The number of carbonyl (C=O) groups is 1. The quantitative estimate of drug-likeness (QED) is 0.478. The summed E-state index contributed by atoms with van der Waals surface area (Å²) < 4.78 is 0. The minimum absolute atomic E-state index is 0.0903. The van der Waals surface area contributed by atoms with Crippen molar-refractivity contribution in [3.8, 4) is 0 Å². The number of carboxylic acid groups (broad SMARTS) is 1. The first kappa shape index (κ1) is 9.25. The van der Waals surface area contributed by atoms with E-state index in [2.05, 4.69) is 0 Å². The lowest BCUT2D eigenvalue weighted by atomic mass is 10.1. The van der Waals surface area contributed by atoms with E-state index in [9.17, 15) is 4.79 Å². The molecule has 1 aromatic carbocycles. The average Bonchev–Trinajstić information content (AvgIpc) is 2.04. The number of hydrogen-bond acceptors (Lipinski definition) is 3. The van der Waals surface area contributed by atoms with Crippen molar-refractivity contribution in [1.29, 1.82) is 5.41 Å². The van der Waals surface area contributed by atoms with E-state index in [1.165, 1.54) is 0 Å². The van der Waals surface area contributed by atoms with Gasteiger partial charge in [-0.2, -0.15) is 0 Å². The Kier molecular flexibility index (Phi) is 2.64. The molecule has 0 unspecified atom stereocenters. The first-order valence-corrected chi connectivity index (χ1v) is 3.74. The van der Waals surface area contributed by atoms with Crippen LogP contribution in [-0.2, 0) is 4.79 Å². The van der Waals surface area contributed by atoms with Crippen molar-refractivity contribution in [3.05, 3.63) is 29.8 Å². The maximum Gasteiger partial charge on any atom is 0.309 e. The van der Waals surface area contributed by atoms with Crippen molar-refractivity contribution in [2.24, 2.45) is 0 Å². The van der Waals surface area contributed by atoms with Crippen LogP contribution in [0.15, 0.2) is 24.3 Å². The zero-order chi connectivity index (χ0) is 9.84. The topological polar surface area (TPSA) is 87.2 Å². The van der Waals surface area contributed by atoms with Crippen LogP contribution in [0.4, 0.5) is 5.69 Å². The summed E-state index contributed by atoms with van der Waals surface area (Å²) in [6.45, 7) is 0. The molecule has 4 nitrogen and oxygen atoms in total. The number of carboxylic acids is 1. The van der Waals surface area contributed by atoms with Crippen LogP contribution in [0, 0.1) is 5.41 Å². The van der Waals surface area contributed by atoms with Gasteiger partial charge < -0.3 is 16.2 Å². The monoisotopic (exact) mass is 178 g/mol. The van der Waals surface area contributed by atoms with Gasteiger partial charge in [0, 0.05) is 11.4 Å². The molecular weight excluding hydrogens is 168 g/mol. The molecule has 1 aromatic rings. The standard InChI is InChI=1S/C9H10N2O2/c10-7-3-1-6(2-4-7)8(11)5-9(12)13/h1-4,11H,5,10H2,(H,12,13). The number of nitrogens with two attached hydrogens (primary N) is 1. The van der Waals surface area contributed by atoms with Gasteiger partial charge in [-0.1, -0.05) is 12.1 Å². The number of benzene rings is 1. The zero-order valence-corrected chi connectivity index (χ0v) is 6.95. The molecule has 68 valence electrons. The highest BCUT2D eigenvalue weighted by Crippen LogP contribution is 2.07. The van der Waals surface area contributed by atoms with Gasteiger partial charge in [-0.3, -0.25) is 4.79 Å². The molecule has 0 atom stereocenters. The summed E-state index contributed by atoms with van der Waals surface area (Å²) in [6, 6.07) is 6.57. The van der Waals surface area contributed by atoms with E-state index in [1.807, 2.05) is 0 Å². The van der Waals surface area contributed by atoms with Crippen LogP contribution in [0.3, 0.4) is 0 Å². The van der Waals surface area contributed by atoms with Gasteiger partial charge in [0.1, 0.15) is 0 Å². The molecule has 0 amide bonds. The Morgan fingerprint density at radius 1 is 1.38 bits per heavy atom. The first-order chi connectivity index (χ1) is 6.09. The molecule has 0 saturated heterocycles. The molecule has 13 heavy (non-hydrogen) atoms. The fourth-order valence-corrected chi connectivity index (χ4v) is 0.938. The van der Waals surface area contributed by atoms with Crippen LogP contribution >= 0.6 is 0 Å². The van der Waals surface area contributed by atoms with E-state index in [0.29, 0.717) is 11.3 Å². The van der Waals surface area contributed by atoms with E-state index in [1.54, 1.807) is 24.3 Å². The predicted molar refractivity (Wildman–Crippen MR) is 49.9 cm³/mol. The predicted octanol–water partition coefficient (Wildman–Crippen LogP) is 1.11. The molecule has 0 saturated carbocycles. The number of aliphatic carboxylic acids is 1. The van der Waals surface area contributed by atoms with Crippen molar-refractivity contribution in [2.45, 2.75) is 6.42 Å². The molecule has 0 aromatic heterocycles. The van der Waals surface area contributed by atoms with Gasteiger partial charge in [0.2, 0.25) is 0 Å². The number of nitrogen functional groups attached to an aromatic ring is 1. The molecule has 0 radical (unpaired) electrons. The van der Waals surface area contributed by atoms with Gasteiger partial charge >= 0.3 is 5.97 Å². The van der Waals surface area contributed by atoms with E-state index in [4.69, 9.17) is 16.2 Å². The van der Waals surface area contributed by atoms with Crippen molar-refractivity contribution in [1.82, 2.24) is 0 Å². The third-order valence-corrected chi connectivity index (χ3v) is 1.59.